The van der Waals surface area contributed by atoms with Crippen molar-refractivity contribution in [1.29, 1.82) is 0 Å². The van der Waals surface area contributed by atoms with Crippen LogP contribution in [0.4, 0.5) is 0 Å². The van der Waals surface area contributed by atoms with E-state index in [1.165, 1.54) is 14.0 Å². The summed E-state index contributed by atoms with van der Waals surface area (Å²) in [6.45, 7) is 7.40. The van der Waals surface area contributed by atoms with Gasteiger partial charge in [0.15, 0.2) is 6.10 Å². The summed E-state index contributed by atoms with van der Waals surface area (Å²) >= 11 is 0. The fourth-order valence-electron chi connectivity index (χ4n) is 2.89. The predicted molar refractivity (Wildman–Crippen MR) is 118 cm³/mol. The Kier molecular flexibility index (Phi) is 8.61. The van der Waals surface area contributed by atoms with Crippen molar-refractivity contribution < 1.29 is 23.9 Å². The monoisotopic (exact) mass is 426 g/mol. The molecule has 0 aromatic heterocycles. The minimum atomic E-state index is -0.998. The van der Waals surface area contributed by atoms with Crippen LogP contribution in [-0.2, 0) is 20.9 Å². The molecule has 2 amide bonds. The summed E-state index contributed by atoms with van der Waals surface area (Å²) in [6.07, 6.45) is -0.998. The molecule has 0 aliphatic rings. The van der Waals surface area contributed by atoms with E-state index in [4.69, 9.17) is 9.47 Å². The Morgan fingerprint density at radius 2 is 1.61 bits per heavy atom. The lowest BCUT2D eigenvalue weighted by Gasteiger charge is -2.23. The van der Waals surface area contributed by atoms with E-state index in [0.29, 0.717) is 17.9 Å². The summed E-state index contributed by atoms with van der Waals surface area (Å²) in [5.41, 5.74) is 2.39. The number of carbonyl (C=O) groups is 3. The Balaban J connectivity index is 1.96. The highest BCUT2D eigenvalue weighted by Crippen LogP contribution is 2.18. The third-order valence-corrected chi connectivity index (χ3v) is 4.81. The maximum Gasteiger partial charge on any atom is 0.329 e. The number of esters is 1. The summed E-state index contributed by atoms with van der Waals surface area (Å²) in [4.78, 5) is 37.7. The summed E-state index contributed by atoms with van der Waals surface area (Å²) in [6, 6.07) is 13.6. The van der Waals surface area contributed by atoms with E-state index in [-0.39, 0.29) is 5.92 Å². The fraction of sp³-hybridized carbons (Fsp3) is 0.375. The van der Waals surface area contributed by atoms with Crippen LogP contribution in [0.2, 0.25) is 0 Å². The summed E-state index contributed by atoms with van der Waals surface area (Å²) in [5, 5.41) is 5.44. The number of para-hydroxylation sites is 1. The molecule has 31 heavy (non-hydrogen) atoms. The van der Waals surface area contributed by atoms with Crippen LogP contribution in [0.1, 0.15) is 42.3 Å². The quantitative estimate of drug-likeness (QED) is 0.601. The number of methoxy groups -OCH3 is 1. The van der Waals surface area contributed by atoms with Crippen molar-refractivity contribution in [3.05, 3.63) is 65.2 Å². The molecule has 2 N–H and O–H groups in total. The van der Waals surface area contributed by atoms with Crippen LogP contribution >= 0.6 is 0 Å². The molecule has 2 atom stereocenters. The first-order valence-electron chi connectivity index (χ1n) is 10.2. The van der Waals surface area contributed by atoms with Gasteiger partial charge in [-0.25, -0.2) is 4.79 Å². The molecule has 0 saturated heterocycles. The van der Waals surface area contributed by atoms with Gasteiger partial charge >= 0.3 is 5.97 Å². The molecule has 2 aromatic rings. The number of hydrogen-bond donors (Lipinski definition) is 2. The molecule has 7 nitrogen and oxygen atoms in total. The highest BCUT2D eigenvalue weighted by atomic mass is 16.5. The van der Waals surface area contributed by atoms with Gasteiger partial charge in [-0.3, -0.25) is 9.59 Å². The van der Waals surface area contributed by atoms with E-state index in [1.54, 1.807) is 38.1 Å². The van der Waals surface area contributed by atoms with Crippen LogP contribution in [0.15, 0.2) is 48.5 Å². The van der Waals surface area contributed by atoms with E-state index in [9.17, 15) is 14.4 Å². The lowest BCUT2D eigenvalue weighted by Crippen LogP contribution is -2.47. The number of carbonyl (C=O) groups excluding carboxylic acids is 3. The van der Waals surface area contributed by atoms with Crippen molar-refractivity contribution >= 4 is 17.8 Å². The molecule has 0 unspecified atom stereocenters. The standard InChI is InChI=1S/C24H30N2O5/c1-15(2)21(26-23(28)19-8-6-7-9-20(19)30-5)24(29)31-17(4)22(27)25-14-18-12-10-16(3)11-13-18/h6-13,15,17,21H,14H2,1-5H3,(H,25,27)(H,26,28)/t17-,21-/m0/s1. The molecule has 0 bridgehead atoms. The topological polar surface area (TPSA) is 93.7 Å². The molecule has 2 rings (SSSR count). The molecule has 2 aromatic carbocycles. The molecule has 166 valence electrons. The number of hydrogen-bond acceptors (Lipinski definition) is 5. The predicted octanol–water partition coefficient (Wildman–Crippen LogP) is 3.01. The maximum atomic E-state index is 12.7. The molecule has 0 saturated carbocycles. The van der Waals surface area contributed by atoms with Gasteiger partial charge < -0.3 is 20.1 Å². The van der Waals surface area contributed by atoms with Gasteiger partial charge in [-0.15, -0.1) is 0 Å². The molecular weight excluding hydrogens is 396 g/mol. The van der Waals surface area contributed by atoms with Crippen molar-refractivity contribution in [2.75, 3.05) is 7.11 Å². The molecule has 0 aliphatic carbocycles. The highest BCUT2D eigenvalue weighted by Gasteiger charge is 2.29. The van der Waals surface area contributed by atoms with Gasteiger partial charge in [0.1, 0.15) is 11.8 Å². The van der Waals surface area contributed by atoms with Crippen LogP contribution in [-0.4, -0.2) is 37.0 Å². The second-order valence-electron chi connectivity index (χ2n) is 7.68. The lowest BCUT2D eigenvalue weighted by molar-refractivity contribution is -0.157. The van der Waals surface area contributed by atoms with Crippen molar-refractivity contribution in [2.24, 2.45) is 5.92 Å². The van der Waals surface area contributed by atoms with Gasteiger partial charge in [0.25, 0.3) is 11.8 Å². The number of benzene rings is 2. The minimum Gasteiger partial charge on any atom is -0.496 e. The molecule has 0 aliphatic heterocycles. The van der Waals surface area contributed by atoms with E-state index < -0.39 is 29.9 Å². The van der Waals surface area contributed by atoms with E-state index in [0.717, 1.165) is 11.1 Å². The molecule has 0 heterocycles. The zero-order valence-electron chi connectivity index (χ0n) is 18.6. The van der Waals surface area contributed by atoms with Crippen LogP contribution in [0.3, 0.4) is 0 Å². The average molecular weight is 427 g/mol. The average Bonchev–Trinajstić information content (AvgIpc) is 2.76. The highest BCUT2D eigenvalue weighted by molar-refractivity contribution is 5.99. The van der Waals surface area contributed by atoms with Crippen molar-refractivity contribution in [3.8, 4) is 5.75 Å². The zero-order chi connectivity index (χ0) is 23.0. The number of amides is 2. The van der Waals surface area contributed by atoms with Gasteiger partial charge in [0.2, 0.25) is 0 Å². The van der Waals surface area contributed by atoms with Crippen molar-refractivity contribution in [1.82, 2.24) is 10.6 Å². The fourth-order valence-corrected chi connectivity index (χ4v) is 2.89. The van der Waals surface area contributed by atoms with E-state index in [1.807, 2.05) is 31.2 Å². The van der Waals surface area contributed by atoms with Gasteiger partial charge in [0, 0.05) is 6.54 Å². The third kappa shape index (κ3) is 6.84. The first-order chi connectivity index (χ1) is 14.7. The van der Waals surface area contributed by atoms with Crippen LogP contribution < -0.4 is 15.4 Å². The molecule has 7 heteroatoms. The Labute approximate surface area is 183 Å². The van der Waals surface area contributed by atoms with E-state index in [2.05, 4.69) is 10.6 Å². The first kappa shape index (κ1) is 23.9. The van der Waals surface area contributed by atoms with Gasteiger partial charge in [-0.1, -0.05) is 55.8 Å². The molecule has 0 radical (unpaired) electrons. The first-order valence-corrected chi connectivity index (χ1v) is 10.2. The SMILES string of the molecule is COc1ccccc1C(=O)N[C@H](C(=O)O[C@@H](C)C(=O)NCc1ccc(C)cc1)C(C)C. The normalized spacial score (nSPS) is 12.6. The molecule has 0 spiro atoms. The summed E-state index contributed by atoms with van der Waals surface area (Å²) < 4.78 is 10.5. The van der Waals surface area contributed by atoms with Gasteiger partial charge in [-0.2, -0.15) is 0 Å². The Bertz CT molecular complexity index is 908. The number of nitrogens with one attached hydrogen (secondary N) is 2. The maximum absolute atomic E-state index is 12.7. The van der Waals surface area contributed by atoms with Gasteiger partial charge in [0.05, 0.1) is 12.7 Å². The smallest absolute Gasteiger partial charge is 0.329 e. The summed E-state index contributed by atoms with van der Waals surface area (Å²) in [7, 11) is 1.47. The van der Waals surface area contributed by atoms with Crippen molar-refractivity contribution in [2.45, 2.75) is 46.4 Å². The second kappa shape index (κ2) is 11.2. The zero-order valence-corrected chi connectivity index (χ0v) is 18.6. The number of aryl methyl sites for hydroxylation is 1. The van der Waals surface area contributed by atoms with Crippen LogP contribution in [0.5, 0.6) is 5.75 Å². The van der Waals surface area contributed by atoms with Gasteiger partial charge in [-0.05, 0) is 37.5 Å². The third-order valence-electron chi connectivity index (χ3n) is 4.81. The Morgan fingerprint density at radius 1 is 0.968 bits per heavy atom. The van der Waals surface area contributed by atoms with Crippen LogP contribution in [0.25, 0.3) is 0 Å². The largest absolute Gasteiger partial charge is 0.496 e. The second-order valence-corrected chi connectivity index (χ2v) is 7.68. The Hall–Kier alpha value is -3.35. The van der Waals surface area contributed by atoms with Crippen molar-refractivity contribution in [3.63, 3.8) is 0 Å². The summed E-state index contributed by atoms with van der Waals surface area (Å²) in [5.74, 6) is -1.37. The number of rotatable bonds is 9. The Morgan fingerprint density at radius 3 is 2.23 bits per heavy atom. The van der Waals surface area contributed by atoms with Crippen LogP contribution in [0, 0.1) is 12.8 Å². The molecule has 0 fully saturated rings. The minimum absolute atomic E-state index is 0.242. The number of ether oxygens (including phenoxy) is 2. The lowest BCUT2D eigenvalue weighted by atomic mass is 10.0. The van der Waals surface area contributed by atoms with E-state index >= 15 is 0 Å². The molecular formula is C24H30N2O5.